The predicted octanol–water partition coefficient (Wildman–Crippen LogP) is 2.62. The first-order valence-corrected chi connectivity index (χ1v) is 6.60. The van der Waals surface area contributed by atoms with Gasteiger partial charge in [0.25, 0.3) is 0 Å². The van der Waals surface area contributed by atoms with Gasteiger partial charge in [0.2, 0.25) is 5.91 Å². The van der Waals surface area contributed by atoms with Crippen LogP contribution in [-0.2, 0) is 4.79 Å². The SMILES string of the molecule is C[C@@H]1C(=O)N(C)C(C(C)(C)C)(C(C)(C)C)N1C(=O)O. The van der Waals surface area contributed by atoms with Gasteiger partial charge in [0, 0.05) is 17.9 Å². The minimum atomic E-state index is -1.05. The van der Waals surface area contributed by atoms with Crippen LogP contribution < -0.4 is 0 Å². The lowest BCUT2D eigenvalue weighted by Crippen LogP contribution is -2.69. The van der Waals surface area contributed by atoms with Crippen molar-refractivity contribution in [2.75, 3.05) is 7.05 Å². The van der Waals surface area contributed by atoms with Crippen molar-refractivity contribution in [1.82, 2.24) is 9.80 Å². The summed E-state index contributed by atoms with van der Waals surface area (Å²) < 4.78 is 0. The minimum absolute atomic E-state index is 0.146. The first kappa shape index (κ1) is 15.8. The smallest absolute Gasteiger partial charge is 0.409 e. The molecule has 0 aromatic rings. The molecule has 0 unspecified atom stereocenters. The third-order valence-electron chi connectivity index (χ3n) is 4.21. The van der Waals surface area contributed by atoms with Crippen LogP contribution in [0.5, 0.6) is 0 Å². The molecule has 0 aromatic carbocycles. The monoisotopic (exact) mass is 270 g/mol. The second-order valence-electron chi connectivity index (χ2n) is 7.40. The Kier molecular flexibility index (Phi) is 3.42. The fourth-order valence-electron chi connectivity index (χ4n) is 4.15. The maximum atomic E-state index is 12.3. The Hall–Kier alpha value is -1.26. The van der Waals surface area contributed by atoms with E-state index < -0.39 is 28.6 Å². The first-order valence-electron chi connectivity index (χ1n) is 6.60. The summed E-state index contributed by atoms with van der Waals surface area (Å²) in [6, 6.07) is -0.652. The van der Waals surface area contributed by atoms with Gasteiger partial charge in [-0.3, -0.25) is 9.69 Å². The zero-order valence-corrected chi connectivity index (χ0v) is 13.2. The van der Waals surface area contributed by atoms with Gasteiger partial charge in [-0.1, -0.05) is 41.5 Å². The highest BCUT2D eigenvalue weighted by molar-refractivity contribution is 5.89. The Morgan fingerprint density at radius 1 is 1.16 bits per heavy atom. The predicted molar refractivity (Wildman–Crippen MR) is 73.7 cm³/mol. The third kappa shape index (κ3) is 1.82. The van der Waals surface area contributed by atoms with Crippen molar-refractivity contribution in [2.24, 2.45) is 10.8 Å². The molecule has 1 rings (SSSR count). The van der Waals surface area contributed by atoms with Gasteiger partial charge in [-0.15, -0.1) is 0 Å². The number of carbonyl (C=O) groups is 2. The number of amides is 2. The van der Waals surface area contributed by atoms with Gasteiger partial charge < -0.3 is 10.0 Å². The largest absolute Gasteiger partial charge is 0.465 e. The molecule has 1 saturated heterocycles. The first-order chi connectivity index (χ1) is 8.30. The molecular weight excluding hydrogens is 244 g/mol. The molecule has 5 heteroatoms. The zero-order chi connectivity index (χ0) is 15.4. The molecule has 19 heavy (non-hydrogen) atoms. The Balaban J connectivity index is 3.69. The van der Waals surface area contributed by atoms with Crippen molar-refractivity contribution in [3.05, 3.63) is 0 Å². The Morgan fingerprint density at radius 3 is 1.74 bits per heavy atom. The summed E-state index contributed by atoms with van der Waals surface area (Å²) in [5.41, 5.74) is -1.68. The topological polar surface area (TPSA) is 60.9 Å². The zero-order valence-electron chi connectivity index (χ0n) is 13.2. The van der Waals surface area contributed by atoms with Crippen LogP contribution in [0, 0.1) is 10.8 Å². The highest BCUT2D eigenvalue weighted by Crippen LogP contribution is 2.53. The van der Waals surface area contributed by atoms with E-state index in [0.717, 1.165) is 0 Å². The molecule has 1 N–H and O–H groups in total. The lowest BCUT2D eigenvalue weighted by atomic mass is 9.64. The molecule has 5 nitrogen and oxygen atoms in total. The molecule has 0 aliphatic carbocycles. The van der Waals surface area contributed by atoms with E-state index in [1.807, 2.05) is 41.5 Å². The quantitative estimate of drug-likeness (QED) is 0.736. The van der Waals surface area contributed by atoms with Crippen molar-refractivity contribution >= 4 is 12.0 Å². The van der Waals surface area contributed by atoms with Crippen LogP contribution in [-0.4, -0.2) is 45.7 Å². The molecule has 1 fully saturated rings. The fourth-order valence-corrected chi connectivity index (χ4v) is 4.15. The van der Waals surface area contributed by atoms with Gasteiger partial charge >= 0.3 is 6.09 Å². The van der Waals surface area contributed by atoms with Crippen molar-refractivity contribution in [1.29, 1.82) is 0 Å². The van der Waals surface area contributed by atoms with Crippen LogP contribution in [0.25, 0.3) is 0 Å². The highest BCUT2D eigenvalue weighted by atomic mass is 16.4. The molecular formula is C14H26N2O3. The second kappa shape index (κ2) is 4.12. The van der Waals surface area contributed by atoms with E-state index >= 15 is 0 Å². The molecule has 0 spiro atoms. The van der Waals surface area contributed by atoms with Gasteiger partial charge in [0.05, 0.1) is 0 Å². The maximum Gasteiger partial charge on any atom is 0.409 e. The minimum Gasteiger partial charge on any atom is -0.465 e. The van der Waals surface area contributed by atoms with E-state index in [0.29, 0.717) is 0 Å². The van der Waals surface area contributed by atoms with Crippen LogP contribution in [0.2, 0.25) is 0 Å². The van der Waals surface area contributed by atoms with Crippen molar-refractivity contribution in [3.63, 3.8) is 0 Å². The Labute approximate surface area is 115 Å². The molecule has 110 valence electrons. The number of hydrogen-bond donors (Lipinski definition) is 1. The van der Waals surface area contributed by atoms with Gasteiger partial charge in [-0.05, 0) is 6.92 Å². The van der Waals surface area contributed by atoms with Crippen molar-refractivity contribution < 1.29 is 14.7 Å². The number of carbonyl (C=O) groups excluding carboxylic acids is 1. The molecule has 0 saturated carbocycles. The van der Waals surface area contributed by atoms with Crippen LogP contribution >= 0.6 is 0 Å². The number of rotatable bonds is 0. The van der Waals surface area contributed by atoms with Gasteiger partial charge in [-0.2, -0.15) is 0 Å². The van der Waals surface area contributed by atoms with E-state index in [-0.39, 0.29) is 5.91 Å². The summed E-state index contributed by atoms with van der Waals surface area (Å²) in [5, 5.41) is 9.63. The number of hydrogen-bond acceptors (Lipinski definition) is 2. The highest BCUT2D eigenvalue weighted by Gasteiger charge is 2.66. The summed E-state index contributed by atoms with van der Waals surface area (Å²) in [5.74, 6) is -0.146. The number of carboxylic acid groups (broad SMARTS) is 1. The summed E-state index contributed by atoms with van der Waals surface area (Å²) >= 11 is 0. The average molecular weight is 270 g/mol. The summed E-state index contributed by atoms with van der Waals surface area (Å²) in [7, 11) is 1.71. The van der Waals surface area contributed by atoms with Crippen LogP contribution in [0.4, 0.5) is 4.79 Å². The van der Waals surface area contributed by atoms with E-state index in [2.05, 4.69) is 0 Å². The van der Waals surface area contributed by atoms with E-state index in [9.17, 15) is 14.7 Å². The Bertz CT molecular complexity index is 390. The third-order valence-corrected chi connectivity index (χ3v) is 4.21. The molecule has 0 aromatic heterocycles. The van der Waals surface area contributed by atoms with Gasteiger partial charge in [-0.25, -0.2) is 4.79 Å². The van der Waals surface area contributed by atoms with Gasteiger partial charge in [0.1, 0.15) is 11.7 Å². The summed E-state index contributed by atoms with van der Waals surface area (Å²) in [4.78, 5) is 27.1. The maximum absolute atomic E-state index is 12.3. The number of likely N-dealkylation sites (N-methyl/N-ethyl adjacent to an activating group) is 1. The summed E-state index contributed by atoms with van der Waals surface area (Å²) in [6.45, 7) is 13.6. The van der Waals surface area contributed by atoms with E-state index in [1.165, 1.54) is 4.90 Å². The molecule has 1 atom stereocenters. The van der Waals surface area contributed by atoms with Crippen molar-refractivity contribution in [3.8, 4) is 0 Å². The molecule has 0 radical (unpaired) electrons. The van der Waals surface area contributed by atoms with E-state index in [1.54, 1.807) is 18.9 Å². The van der Waals surface area contributed by atoms with E-state index in [4.69, 9.17) is 0 Å². The number of nitrogens with zero attached hydrogens (tertiary/aromatic N) is 2. The van der Waals surface area contributed by atoms with Crippen molar-refractivity contribution in [2.45, 2.75) is 60.2 Å². The molecule has 2 amide bonds. The second-order valence-corrected chi connectivity index (χ2v) is 7.40. The normalized spacial score (nSPS) is 24.0. The Morgan fingerprint density at radius 2 is 1.53 bits per heavy atom. The lowest BCUT2D eigenvalue weighted by molar-refractivity contribution is -0.151. The lowest BCUT2D eigenvalue weighted by Gasteiger charge is -2.57. The molecule has 1 aliphatic heterocycles. The average Bonchev–Trinajstić information content (AvgIpc) is 2.37. The van der Waals surface area contributed by atoms with Crippen LogP contribution in [0.15, 0.2) is 0 Å². The van der Waals surface area contributed by atoms with Crippen LogP contribution in [0.1, 0.15) is 48.5 Å². The molecule has 1 aliphatic rings. The van der Waals surface area contributed by atoms with Crippen LogP contribution in [0.3, 0.4) is 0 Å². The molecule has 0 bridgehead atoms. The molecule has 1 heterocycles. The summed E-state index contributed by atoms with van der Waals surface area (Å²) in [6.07, 6.45) is -1.05. The standard InChI is InChI=1S/C14H26N2O3/c1-9-10(17)15(8)14(12(2,3)4,13(5,6)7)16(9)11(18)19/h9H,1-8H3,(H,18,19)/t9-/m1/s1. The fraction of sp³-hybridized carbons (Fsp3) is 0.857. The van der Waals surface area contributed by atoms with Gasteiger partial charge in [0.15, 0.2) is 0 Å².